The Labute approximate surface area is 215 Å². The number of carbonyl (C=O) groups is 1. The number of hydrogen-bond donors (Lipinski definition) is 1. The summed E-state index contributed by atoms with van der Waals surface area (Å²) in [5.41, 5.74) is 4.35. The van der Waals surface area contributed by atoms with Crippen LogP contribution in [0.15, 0.2) is 82.8 Å². The van der Waals surface area contributed by atoms with Crippen LogP contribution in [-0.2, 0) is 14.8 Å². The van der Waals surface area contributed by atoms with Gasteiger partial charge in [0.1, 0.15) is 24.1 Å². The molecule has 10 heteroatoms. The molecule has 0 aliphatic carbocycles. The summed E-state index contributed by atoms with van der Waals surface area (Å²) in [5, 5.41) is 3.99. The second-order valence-corrected chi connectivity index (χ2v) is 11.1. The average Bonchev–Trinajstić information content (AvgIpc) is 2.86. The molecule has 3 aromatic carbocycles. The number of anilines is 1. The molecule has 36 heavy (non-hydrogen) atoms. The Morgan fingerprint density at radius 2 is 1.78 bits per heavy atom. The van der Waals surface area contributed by atoms with E-state index in [-0.39, 0.29) is 16.7 Å². The Morgan fingerprint density at radius 1 is 1.08 bits per heavy atom. The Kier molecular flexibility index (Phi) is 8.17. The summed E-state index contributed by atoms with van der Waals surface area (Å²) in [4.78, 5) is 12.8. The molecule has 1 amide bonds. The maximum atomic E-state index is 13.5. The molecule has 0 spiro atoms. The van der Waals surface area contributed by atoms with Gasteiger partial charge >= 0.3 is 0 Å². The number of nitrogens with one attached hydrogen (secondary N) is 1. The second kappa shape index (κ2) is 11.5. The molecule has 188 valence electrons. The molecule has 0 atom stereocenters. The molecule has 1 heterocycles. The number of rotatable bonds is 10. The van der Waals surface area contributed by atoms with Gasteiger partial charge in [-0.1, -0.05) is 29.8 Å². The number of sulfonamides is 1. The number of para-hydroxylation sites is 2. The van der Waals surface area contributed by atoms with Gasteiger partial charge in [0.05, 0.1) is 23.9 Å². The summed E-state index contributed by atoms with van der Waals surface area (Å²) in [5.74, 6) is 2.51. The molecular formula is C26H27N3O5S2. The fourth-order valence-electron chi connectivity index (χ4n) is 3.42. The van der Waals surface area contributed by atoms with E-state index in [4.69, 9.17) is 9.47 Å². The molecule has 1 N–H and O–H groups in total. The van der Waals surface area contributed by atoms with Gasteiger partial charge in [-0.2, -0.15) is 16.9 Å². The quantitative estimate of drug-likeness (QED) is 0.319. The van der Waals surface area contributed by atoms with E-state index in [9.17, 15) is 13.2 Å². The van der Waals surface area contributed by atoms with Crippen LogP contribution in [0.3, 0.4) is 0 Å². The third kappa shape index (κ3) is 6.19. The molecule has 1 saturated heterocycles. The molecule has 1 fully saturated rings. The fraction of sp³-hybridized carbons (Fsp3) is 0.231. The van der Waals surface area contributed by atoms with Crippen molar-refractivity contribution < 1.29 is 22.7 Å². The number of benzene rings is 3. The predicted molar refractivity (Wildman–Crippen MR) is 143 cm³/mol. The highest BCUT2D eigenvalue weighted by molar-refractivity contribution is 8.00. The first-order valence-corrected chi connectivity index (χ1v) is 13.8. The van der Waals surface area contributed by atoms with Gasteiger partial charge in [0.15, 0.2) is 0 Å². The molecule has 1 aliphatic heterocycles. The van der Waals surface area contributed by atoms with Gasteiger partial charge in [-0.25, -0.2) is 13.8 Å². The maximum absolute atomic E-state index is 13.5. The molecule has 3 aromatic rings. The Balaban J connectivity index is 1.48. The first-order chi connectivity index (χ1) is 17.4. The summed E-state index contributed by atoms with van der Waals surface area (Å²) in [7, 11) is -2.62. The maximum Gasteiger partial charge on any atom is 0.264 e. The zero-order valence-electron chi connectivity index (χ0n) is 20.0. The number of thioether (sulfide) groups is 1. The highest BCUT2D eigenvalue weighted by Crippen LogP contribution is 2.32. The first kappa shape index (κ1) is 25.6. The summed E-state index contributed by atoms with van der Waals surface area (Å²) in [6.07, 6.45) is 1.75. The number of hydrogen-bond acceptors (Lipinski definition) is 7. The minimum Gasteiger partial charge on any atom is -0.495 e. The van der Waals surface area contributed by atoms with Gasteiger partial charge in [-0.05, 0) is 61.0 Å². The summed E-state index contributed by atoms with van der Waals surface area (Å²) in [6.45, 7) is 1.38. The molecule has 0 radical (unpaired) electrons. The smallest absolute Gasteiger partial charge is 0.264 e. The van der Waals surface area contributed by atoms with Crippen LogP contribution in [0.2, 0.25) is 0 Å². The van der Waals surface area contributed by atoms with Crippen LogP contribution in [0, 0.1) is 6.92 Å². The van der Waals surface area contributed by atoms with E-state index >= 15 is 0 Å². The van der Waals surface area contributed by atoms with Crippen molar-refractivity contribution in [2.75, 3.05) is 29.5 Å². The number of hydrazone groups is 1. The monoisotopic (exact) mass is 525 g/mol. The number of ether oxygens (including phenoxy) is 2. The van der Waals surface area contributed by atoms with Gasteiger partial charge in [0, 0.05) is 11.5 Å². The lowest BCUT2D eigenvalue weighted by Crippen LogP contribution is -2.39. The highest BCUT2D eigenvalue weighted by Gasteiger charge is 2.29. The van der Waals surface area contributed by atoms with E-state index in [0.29, 0.717) is 5.75 Å². The second-order valence-electron chi connectivity index (χ2n) is 8.14. The Hall–Kier alpha value is -3.50. The van der Waals surface area contributed by atoms with Crippen LogP contribution in [0.5, 0.6) is 11.5 Å². The molecule has 8 nitrogen and oxygen atoms in total. The number of aryl methyl sites for hydroxylation is 1. The molecular weight excluding hydrogens is 498 g/mol. The number of methoxy groups -OCH3 is 1. The third-order valence-electron chi connectivity index (χ3n) is 5.44. The van der Waals surface area contributed by atoms with Gasteiger partial charge < -0.3 is 9.47 Å². The van der Waals surface area contributed by atoms with E-state index in [2.05, 4.69) is 10.5 Å². The lowest BCUT2D eigenvalue weighted by atomic mass is 10.2. The van der Waals surface area contributed by atoms with Gasteiger partial charge in [-0.3, -0.25) is 9.10 Å². The highest BCUT2D eigenvalue weighted by atomic mass is 32.2. The topological polar surface area (TPSA) is 97.3 Å². The van der Waals surface area contributed by atoms with Crippen molar-refractivity contribution in [1.82, 2.24) is 5.43 Å². The van der Waals surface area contributed by atoms with E-state index in [1.54, 1.807) is 36.4 Å². The van der Waals surface area contributed by atoms with Crippen LogP contribution in [-0.4, -0.2) is 51.8 Å². The Morgan fingerprint density at radius 3 is 2.42 bits per heavy atom. The van der Waals surface area contributed by atoms with Crippen molar-refractivity contribution in [1.29, 1.82) is 0 Å². The number of nitrogens with zero attached hydrogens (tertiary/aromatic N) is 2. The zero-order chi connectivity index (χ0) is 25.5. The summed E-state index contributed by atoms with van der Waals surface area (Å²) in [6, 6.07) is 20.5. The van der Waals surface area contributed by atoms with E-state index < -0.39 is 22.5 Å². The van der Waals surface area contributed by atoms with E-state index in [1.165, 1.54) is 25.5 Å². The van der Waals surface area contributed by atoms with Crippen LogP contribution < -0.4 is 19.2 Å². The fourth-order valence-corrected chi connectivity index (χ4v) is 5.42. The van der Waals surface area contributed by atoms with Crippen LogP contribution in [0.4, 0.5) is 5.69 Å². The minimum atomic E-state index is -4.06. The molecule has 0 unspecified atom stereocenters. The van der Waals surface area contributed by atoms with Crippen molar-refractivity contribution >= 4 is 39.6 Å². The lowest BCUT2D eigenvalue weighted by molar-refractivity contribution is -0.119. The average molecular weight is 526 g/mol. The zero-order valence-corrected chi connectivity index (χ0v) is 21.6. The van der Waals surface area contributed by atoms with Crippen molar-refractivity contribution in [2.24, 2.45) is 5.10 Å². The largest absolute Gasteiger partial charge is 0.495 e. The van der Waals surface area contributed by atoms with Crippen molar-refractivity contribution in [3.8, 4) is 11.5 Å². The predicted octanol–water partition coefficient (Wildman–Crippen LogP) is 3.84. The minimum absolute atomic E-state index is 0.0677. The lowest BCUT2D eigenvalue weighted by Gasteiger charge is -2.25. The van der Waals surface area contributed by atoms with Crippen LogP contribution in [0.25, 0.3) is 0 Å². The van der Waals surface area contributed by atoms with Gasteiger partial charge in [0.25, 0.3) is 15.9 Å². The van der Waals surface area contributed by atoms with Gasteiger partial charge in [-0.15, -0.1) is 0 Å². The molecule has 0 aromatic heterocycles. The molecule has 0 saturated carbocycles. The molecule has 1 aliphatic rings. The van der Waals surface area contributed by atoms with Crippen molar-refractivity contribution in [3.63, 3.8) is 0 Å². The van der Waals surface area contributed by atoms with E-state index in [0.717, 1.165) is 32.7 Å². The van der Waals surface area contributed by atoms with Crippen LogP contribution in [0.1, 0.15) is 11.1 Å². The van der Waals surface area contributed by atoms with Crippen molar-refractivity contribution in [2.45, 2.75) is 17.9 Å². The summed E-state index contributed by atoms with van der Waals surface area (Å²) >= 11 is 1.85. The number of carbonyl (C=O) groups excluding carboxylic acids is 1. The molecule has 0 bridgehead atoms. The standard InChI is InChI=1S/C26H27N3O5S2/c1-19-7-13-23(14-8-19)36(31,32)29(24-5-3-4-6-25(24)33-2)16-26(30)28-27-15-20-9-11-21(12-10-20)34-22-17-35-18-22/h3-15,22H,16-18H2,1-2H3,(H,28,30)/b27-15+. The van der Waals surface area contributed by atoms with Crippen molar-refractivity contribution in [3.05, 3.63) is 83.9 Å². The SMILES string of the molecule is COc1ccccc1N(CC(=O)N/N=C/c1ccc(OC2CSC2)cc1)S(=O)(=O)c1ccc(C)cc1. The Bertz CT molecular complexity index is 1320. The third-order valence-corrected chi connectivity index (χ3v) is 8.43. The first-order valence-electron chi connectivity index (χ1n) is 11.3. The normalized spacial score (nSPS) is 13.7. The van der Waals surface area contributed by atoms with Gasteiger partial charge in [0.2, 0.25) is 0 Å². The summed E-state index contributed by atoms with van der Waals surface area (Å²) < 4.78 is 39.2. The number of amides is 1. The van der Waals surface area contributed by atoms with Crippen LogP contribution >= 0.6 is 11.8 Å². The molecule has 4 rings (SSSR count). The van der Waals surface area contributed by atoms with E-state index in [1.807, 2.05) is 43.0 Å².